The lowest BCUT2D eigenvalue weighted by Crippen LogP contribution is -2.08. The van der Waals surface area contributed by atoms with Crippen molar-refractivity contribution >= 4 is 5.78 Å². The highest BCUT2D eigenvalue weighted by Crippen LogP contribution is 2.20. The van der Waals surface area contributed by atoms with Crippen LogP contribution in [0.25, 0.3) is 0 Å². The number of hydrogen-bond donors (Lipinski definition) is 0. The average Bonchev–Trinajstić information content (AvgIpc) is 2.40. The van der Waals surface area contributed by atoms with Crippen molar-refractivity contribution in [3.05, 3.63) is 59.4 Å². The molecule has 0 spiro atoms. The molecule has 0 N–H and O–H groups in total. The number of hydrogen-bond acceptors (Lipinski definition) is 3. The van der Waals surface area contributed by atoms with Crippen LogP contribution in [0, 0.1) is 6.92 Å². The second-order valence-corrected chi connectivity index (χ2v) is 4.57. The predicted octanol–water partition coefficient (Wildman–Crippen LogP) is 2.75. The minimum Gasteiger partial charge on any atom is -0.496 e. The van der Waals surface area contributed by atoms with E-state index in [1.807, 2.05) is 37.3 Å². The standard InChI is InChI=1S/C16H17NO2/c1-12-5-6-16(19-2)14(8-12)10-15(18)9-13-4-3-7-17-11-13/h3-8,11H,9-10H2,1-2H3. The number of methoxy groups -OCH3 is 1. The van der Waals surface area contributed by atoms with Crippen LogP contribution in [0.15, 0.2) is 42.7 Å². The summed E-state index contributed by atoms with van der Waals surface area (Å²) < 4.78 is 5.29. The van der Waals surface area contributed by atoms with Gasteiger partial charge in [0.2, 0.25) is 0 Å². The van der Waals surface area contributed by atoms with Gasteiger partial charge in [0.15, 0.2) is 0 Å². The minimum absolute atomic E-state index is 0.164. The monoisotopic (exact) mass is 255 g/mol. The number of aryl methyl sites for hydroxylation is 1. The zero-order chi connectivity index (χ0) is 13.7. The van der Waals surface area contributed by atoms with E-state index in [1.165, 1.54) is 0 Å². The van der Waals surface area contributed by atoms with Crippen molar-refractivity contribution in [3.8, 4) is 5.75 Å². The molecule has 1 aromatic heterocycles. The van der Waals surface area contributed by atoms with Gasteiger partial charge < -0.3 is 4.74 Å². The summed E-state index contributed by atoms with van der Waals surface area (Å²) in [6.07, 6.45) is 4.23. The van der Waals surface area contributed by atoms with E-state index in [4.69, 9.17) is 4.74 Å². The number of rotatable bonds is 5. The summed E-state index contributed by atoms with van der Waals surface area (Å²) in [5.41, 5.74) is 3.01. The SMILES string of the molecule is COc1ccc(C)cc1CC(=O)Cc1cccnc1. The van der Waals surface area contributed by atoms with Gasteiger partial charge in [0, 0.05) is 30.8 Å². The number of carbonyl (C=O) groups is 1. The van der Waals surface area contributed by atoms with Gasteiger partial charge in [-0.1, -0.05) is 23.8 Å². The van der Waals surface area contributed by atoms with Crippen LogP contribution in [0.5, 0.6) is 5.75 Å². The lowest BCUT2D eigenvalue weighted by atomic mass is 10.0. The van der Waals surface area contributed by atoms with Gasteiger partial charge in [-0.3, -0.25) is 9.78 Å². The highest BCUT2D eigenvalue weighted by molar-refractivity contribution is 5.83. The van der Waals surface area contributed by atoms with Crippen LogP contribution in [-0.2, 0) is 17.6 Å². The number of Topliss-reactive ketones (excluding diaryl/α,β-unsaturated/α-hetero) is 1. The Morgan fingerprint density at radius 1 is 1.26 bits per heavy atom. The zero-order valence-electron chi connectivity index (χ0n) is 11.2. The van der Waals surface area contributed by atoms with Crippen LogP contribution < -0.4 is 4.74 Å². The molecule has 0 amide bonds. The van der Waals surface area contributed by atoms with Gasteiger partial charge in [-0.05, 0) is 24.6 Å². The third-order valence-corrected chi connectivity index (χ3v) is 2.95. The molecule has 0 saturated heterocycles. The highest BCUT2D eigenvalue weighted by Gasteiger charge is 2.10. The fourth-order valence-electron chi connectivity index (χ4n) is 2.05. The topological polar surface area (TPSA) is 39.2 Å². The summed E-state index contributed by atoms with van der Waals surface area (Å²) in [6, 6.07) is 9.64. The molecule has 19 heavy (non-hydrogen) atoms. The minimum atomic E-state index is 0.164. The van der Waals surface area contributed by atoms with Crippen LogP contribution in [0.2, 0.25) is 0 Å². The summed E-state index contributed by atoms with van der Waals surface area (Å²) >= 11 is 0. The maximum atomic E-state index is 12.1. The Hall–Kier alpha value is -2.16. The van der Waals surface area contributed by atoms with E-state index in [-0.39, 0.29) is 5.78 Å². The molecule has 0 bridgehead atoms. The van der Waals surface area contributed by atoms with Gasteiger partial charge in [0.25, 0.3) is 0 Å². The third-order valence-electron chi connectivity index (χ3n) is 2.95. The first-order chi connectivity index (χ1) is 9.19. The van der Waals surface area contributed by atoms with Crippen LogP contribution in [0.1, 0.15) is 16.7 Å². The molecule has 0 saturated carbocycles. The van der Waals surface area contributed by atoms with E-state index in [2.05, 4.69) is 4.98 Å². The second-order valence-electron chi connectivity index (χ2n) is 4.57. The van der Waals surface area contributed by atoms with E-state index < -0.39 is 0 Å². The van der Waals surface area contributed by atoms with E-state index in [1.54, 1.807) is 19.5 Å². The highest BCUT2D eigenvalue weighted by atomic mass is 16.5. The second kappa shape index (κ2) is 6.14. The predicted molar refractivity (Wildman–Crippen MR) is 74.4 cm³/mol. The molecule has 0 atom stereocenters. The summed E-state index contributed by atoms with van der Waals surface area (Å²) in [7, 11) is 1.62. The zero-order valence-corrected chi connectivity index (χ0v) is 11.2. The van der Waals surface area contributed by atoms with Gasteiger partial charge in [-0.25, -0.2) is 0 Å². The first-order valence-electron chi connectivity index (χ1n) is 6.23. The van der Waals surface area contributed by atoms with Gasteiger partial charge in [-0.15, -0.1) is 0 Å². The molecule has 3 heteroatoms. The number of ketones is 1. The van der Waals surface area contributed by atoms with Crippen molar-refractivity contribution in [1.82, 2.24) is 4.98 Å². The van der Waals surface area contributed by atoms with Crippen molar-refractivity contribution < 1.29 is 9.53 Å². The van der Waals surface area contributed by atoms with Crippen LogP contribution in [0.3, 0.4) is 0 Å². The van der Waals surface area contributed by atoms with Gasteiger partial charge >= 0.3 is 0 Å². The molecule has 1 aromatic carbocycles. The molecule has 3 nitrogen and oxygen atoms in total. The van der Waals surface area contributed by atoms with Crippen molar-refractivity contribution in [2.75, 3.05) is 7.11 Å². The Bertz CT molecular complexity index is 564. The molecule has 0 aliphatic heterocycles. The van der Waals surface area contributed by atoms with Crippen LogP contribution in [-0.4, -0.2) is 17.9 Å². The quantitative estimate of drug-likeness (QED) is 0.824. The fraction of sp³-hybridized carbons (Fsp3) is 0.250. The fourth-order valence-corrected chi connectivity index (χ4v) is 2.05. The lowest BCUT2D eigenvalue weighted by Gasteiger charge is -2.09. The first-order valence-corrected chi connectivity index (χ1v) is 6.23. The van der Waals surface area contributed by atoms with E-state index in [0.29, 0.717) is 12.8 Å². The molecular formula is C16H17NO2. The first kappa shape index (κ1) is 13.3. The number of carbonyl (C=O) groups excluding carboxylic acids is 1. The molecule has 0 unspecified atom stereocenters. The maximum Gasteiger partial charge on any atom is 0.141 e. The molecule has 0 aliphatic carbocycles. The third kappa shape index (κ3) is 3.65. The molecule has 98 valence electrons. The van der Waals surface area contributed by atoms with Gasteiger partial charge in [0.1, 0.15) is 11.5 Å². The summed E-state index contributed by atoms with van der Waals surface area (Å²) in [5.74, 6) is 0.932. The maximum absolute atomic E-state index is 12.1. The number of ether oxygens (including phenoxy) is 1. The molecule has 0 aliphatic rings. The number of benzene rings is 1. The Labute approximate surface area is 113 Å². The van der Waals surface area contributed by atoms with E-state index >= 15 is 0 Å². The molecule has 2 aromatic rings. The molecule has 1 heterocycles. The Morgan fingerprint density at radius 3 is 2.79 bits per heavy atom. The van der Waals surface area contributed by atoms with Crippen molar-refractivity contribution in [2.24, 2.45) is 0 Å². The van der Waals surface area contributed by atoms with E-state index in [9.17, 15) is 4.79 Å². The van der Waals surface area contributed by atoms with Crippen molar-refractivity contribution in [2.45, 2.75) is 19.8 Å². The number of nitrogens with zero attached hydrogens (tertiary/aromatic N) is 1. The molecule has 0 radical (unpaired) electrons. The van der Waals surface area contributed by atoms with Crippen LogP contribution >= 0.6 is 0 Å². The summed E-state index contributed by atoms with van der Waals surface area (Å²) in [4.78, 5) is 16.1. The number of pyridine rings is 1. The summed E-state index contributed by atoms with van der Waals surface area (Å²) in [5, 5.41) is 0. The van der Waals surface area contributed by atoms with Gasteiger partial charge in [-0.2, -0.15) is 0 Å². The Morgan fingerprint density at radius 2 is 2.11 bits per heavy atom. The molecular weight excluding hydrogens is 238 g/mol. The smallest absolute Gasteiger partial charge is 0.141 e. The molecule has 0 fully saturated rings. The lowest BCUT2D eigenvalue weighted by molar-refractivity contribution is -0.117. The summed E-state index contributed by atoms with van der Waals surface area (Å²) in [6.45, 7) is 2.01. The largest absolute Gasteiger partial charge is 0.496 e. The number of aromatic nitrogens is 1. The van der Waals surface area contributed by atoms with E-state index in [0.717, 1.165) is 22.4 Å². The van der Waals surface area contributed by atoms with Crippen molar-refractivity contribution in [3.63, 3.8) is 0 Å². The van der Waals surface area contributed by atoms with Gasteiger partial charge in [0.05, 0.1) is 7.11 Å². The molecule has 2 rings (SSSR count). The van der Waals surface area contributed by atoms with Crippen molar-refractivity contribution in [1.29, 1.82) is 0 Å². The Balaban J connectivity index is 2.09. The average molecular weight is 255 g/mol. The van der Waals surface area contributed by atoms with Crippen LogP contribution in [0.4, 0.5) is 0 Å². The normalized spacial score (nSPS) is 10.2. The Kier molecular flexibility index (Phi) is 4.29.